The van der Waals surface area contributed by atoms with Crippen LogP contribution in [0.3, 0.4) is 0 Å². The van der Waals surface area contributed by atoms with Gasteiger partial charge in [0.2, 0.25) is 0 Å². The summed E-state index contributed by atoms with van der Waals surface area (Å²) < 4.78 is 37.9. The molecular weight excluding hydrogens is 241 g/mol. The van der Waals surface area contributed by atoms with Crippen LogP contribution in [0.1, 0.15) is 4.88 Å². The molecule has 0 fully saturated rings. The fraction of sp³-hybridized carbons (Fsp3) is 0.333. The van der Waals surface area contributed by atoms with Crippen LogP contribution in [-0.2, 0) is 0 Å². The molecule has 1 aromatic heterocycles. The lowest BCUT2D eigenvalue weighted by molar-refractivity contribution is -0.289. The lowest BCUT2D eigenvalue weighted by Crippen LogP contribution is -2.56. The first kappa shape index (κ1) is 11.4. The molecule has 3 nitrogen and oxygen atoms in total. The van der Waals surface area contributed by atoms with E-state index in [1.54, 1.807) is 17.5 Å². The average Bonchev–Trinajstić information content (AvgIpc) is 2.74. The molecule has 1 aromatic rings. The monoisotopic (exact) mass is 250 g/mol. The van der Waals surface area contributed by atoms with E-state index >= 15 is 0 Å². The second kappa shape index (κ2) is 3.47. The summed E-state index contributed by atoms with van der Waals surface area (Å²) in [5.74, 6) is 0. The van der Waals surface area contributed by atoms with E-state index in [4.69, 9.17) is 0 Å². The number of thiophene rings is 1. The fourth-order valence-electron chi connectivity index (χ4n) is 1.43. The molecule has 2 heterocycles. The Hall–Kier alpha value is -1.05. The highest BCUT2D eigenvalue weighted by Crippen LogP contribution is 2.39. The zero-order valence-corrected chi connectivity index (χ0v) is 9.06. The van der Waals surface area contributed by atoms with Crippen LogP contribution >= 0.6 is 11.3 Å². The van der Waals surface area contributed by atoms with Gasteiger partial charge in [-0.25, -0.2) is 0 Å². The Kier molecular flexibility index (Phi) is 2.48. The van der Waals surface area contributed by atoms with Gasteiger partial charge >= 0.3 is 6.18 Å². The molecule has 0 saturated heterocycles. The Bertz CT molecular complexity index is 415. The van der Waals surface area contributed by atoms with Crippen LogP contribution in [0.2, 0.25) is 0 Å². The lowest BCUT2D eigenvalue weighted by atomic mass is 10.2. The molecule has 0 radical (unpaired) electrons. The summed E-state index contributed by atoms with van der Waals surface area (Å²) in [7, 11) is 1.14. The molecule has 1 atom stereocenters. The SMILES string of the molecule is CN1NC(c2cccs2)=CC1(O)C(F)(F)F. The van der Waals surface area contributed by atoms with Crippen molar-refractivity contribution in [2.45, 2.75) is 11.9 Å². The highest BCUT2D eigenvalue weighted by atomic mass is 32.1. The number of halogens is 3. The maximum atomic E-state index is 12.6. The Morgan fingerprint density at radius 2 is 2.19 bits per heavy atom. The maximum Gasteiger partial charge on any atom is 0.436 e. The van der Waals surface area contributed by atoms with E-state index in [-0.39, 0.29) is 5.70 Å². The number of hydrogen-bond donors (Lipinski definition) is 2. The van der Waals surface area contributed by atoms with Crippen molar-refractivity contribution in [3.05, 3.63) is 28.5 Å². The van der Waals surface area contributed by atoms with Crippen LogP contribution in [0.4, 0.5) is 13.2 Å². The van der Waals surface area contributed by atoms with Crippen LogP contribution < -0.4 is 5.43 Å². The molecule has 88 valence electrons. The van der Waals surface area contributed by atoms with E-state index in [0.29, 0.717) is 9.89 Å². The van der Waals surface area contributed by atoms with Crippen molar-refractivity contribution in [3.8, 4) is 0 Å². The van der Waals surface area contributed by atoms with Crippen LogP contribution in [0.25, 0.3) is 5.70 Å². The number of rotatable bonds is 1. The van der Waals surface area contributed by atoms with E-state index in [2.05, 4.69) is 5.43 Å². The second-order valence-electron chi connectivity index (χ2n) is 3.43. The quantitative estimate of drug-likeness (QED) is 0.797. The molecule has 0 aromatic carbocycles. The van der Waals surface area contributed by atoms with E-state index in [0.717, 1.165) is 13.1 Å². The fourth-order valence-corrected chi connectivity index (χ4v) is 2.12. The first-order chi connectivity index (χ1) is 7.34. The molecule has 2 rings (SSSR count). The van der Waals surface area contributed by atoms with Crippen molar-refractivity contribution in [1.82, 2.24) is 10.4 Å². The summed E-state index contributed by atoms with van der Waals surface area (Å²) in [6.45, 7) is 0. The van der Waals surface area contributed by atoms with Gasteiger partial charge in [-0.15, -0.1) is 11.3 Å². The summed E-state index contributed by atoms with van der Waals surface area (Å²) in [6, 6.07) is 3.41. The van der Waals surface area contributed by atoms with Gasteiger partial charge in [-0.1, -0.05) is 6.07 Å². The maximum absolute atomic E-state index is 12.6. The molecule has 1 unspecified atom stereocenters. The minimum absolute atomic E-state index is 0.261. The number of nitrogens with zero attached hydrogens (tertiary/aromatic N) is 1. The Morgan fingerprint density at radius 1 is 1.50 bits per heavy atom. The molecule has 7 heteroatoms. The van der Waals surface area contributed by atoms with Crippen molar-refractivity contribution < 1.29 is 18.3 Å². The third-order valence-corrected chi connectivity index (χ3v) is 3.25. The van der Waals surface area contributed by atoms with E-state index < -0.39 is 11.9 Å². The third kappa shape index (κ3) is 1.60. The Balaban J connectivity index is 2.38. The molecule has 1 aliphatic rings. The van der Waals surface area contributed by atoms with Gasteiger partial charge in [0.15, 0.2) is 0 Å². The predicted octanol–water partition coefficient (Wildman–Crippen LogP) is 1.79. The molecule has 2 N–H and O–H groups in total. The molecule has 1 aliphatic heterocycles. The number of hydrogen-bond acceptors (Lipinski definition) is 4. The highest BCUT2D eigenvalue weighted by molar-refractivity contribution is 7.11. The zero-order valence-electron chi connectivity index (χ0n) is 8.25. The Labute approximate surface area is 93.8 Å². The number of nitrogens with one attached hydrogen (secondary N) is 1. The number of hydrazine groups is 1. The smallest absolute Gasteiger partial charge is 0.363 e. The molecule has 0 spiro atoms. The summed E-state index contributed by atoms with van der Waals surface area (Å²) in [4.78, 5) is 0.645. The predicted molar refractivity (Wildman–Crippen MR) is 54.2 cm³/mol. The summed E-state index contributed by atoms with van der Waals surface area (Å²) in [6.07, 6.45) is -3.97. The van der Waals surface area contributed by atoms with Gasteiger partial charge in [0, 0.05) is 7.05 Å². The minimum atomic E-state index is -4.74. The average molecular weight is 250 g/mol. The lowest BCUT2D eigenvalue weighted by Gasteiger charge is -2.30. The van der Waals surface area contributed by atoms with Crippen LogP contribution in [0, 0.1) is 0 Å². The summed E-state index contributed by atoms with van der Waals surface area (Å²) >= 11 is 1.30. The molecule has 0 amide bonds. The van der Waals surface area contributed by atoms with Gasteiger partial charge in [-0.2, -0.15) is 18.2 Å². The van der Waals surface area contributed by atoms with Crippen molar-refractivity contribution in [2.75, 3.05) is 7.05 Å². The van der Waals surface area contributed by atoms with Gasteiger partial charge in [-0.3, -0.25) is 0 Å². The molecule has 16 heavy (non-hydrogen) atoms. The van der Waals surface area contributed by atoms with Gasteiger partial charge in [0.25, 0.3) is 5.72 Å². The van der Waals surface area contributed by atoms with E-state index in [1.807, 2.05) is 0 Å². The number of aliphatic hydroxyl groups is 1. The summed E-state index contributed by atoms with van der Waals surface area (Å²) in [5, 5.41) is 11.9. The minimum Gasteiger partial charge on any atom is -0.363 e. The van der Waals surface area contributed by atoms with Crippen molar-refractivity contribution >= 4 is 17.0 Å². The topological polar surface area (TPSA) is 35.5 Å². The van der Waals surface area contributed by atoms with Gasteiger partial charge < -0.3 is 10.5 Å². The van der Waals surface area contributed by atoms with Crippen molar-refractivity contribution in [1.29, 1.82) is 0 Å². The zero-order chi connectivity index (χ0) is 12.0. The van der Waals surface area contributed by atoms with Crippen molar-refractivity contribution in [2.24, 2.45) is 0 Å². The third-order valence-electron chi connectivity index (χ3n) is 2.35. The first-order valence-corrected chi connectivity index (χ1v) is 5.29. The van der Waals surface area contributed by atoms with E-state index in [1.165, 1.54) is 11.3 Å². The van der Waals surface area contributed by atoms with E-state index in [9.17, 15) is 18.3 Å². The molecule has 0 bridgehead atoms. The normalized spacial score (nSPS) is 26.7. The first-order valence-electron chi connectivity index (χ1n) is 4.41. The van der Waals surface area contributed by atoms with Crippen LogP contribution in [-0.4, -0.2) is 29.1 Å². The molecule has 0 saturated carbocycles. The van der Waals surface area contributed by atoms with Gasteiger partial charge in [0.05, 0.1) is 10.6 Å². The number of alkyl halides is 3. The summed E-state index contributed by atoms with van der Waals surface area (Å²) in [5.41, 5.74) is -0.202. The van der Waals surface area contributed by atoms with Gasteiger partial charge in [0.1, 0.15) is 0 Å². The molecular formula is C9H9F3N2OS. The second-order valence-corrected chi connectivity index (χ2v) is 4.38. The standard InChI is InChI=1S/C9H9F3N2OS/c1-14-8(15,9(10,11)12)5-6(13-14)7-3-2-4-16-7/h2-5,13,15H,1H3. The highest BCUT2D eigenvalue weighted by Gasteiger charge is 2.58. The molecule has 0 aliphatic carbocycles. The Morgan fingerprint density at radius 3 is 2.62 bits per heavy atom. The largest absolute Gasteiger partial charge is 0.436 e. The van der Waals surface area contributed by atoms with Crippen LogP contribution in [0.15, 0.2) is 23.6 Å². The number of likely N-dealkylation sites (N-methyl/N-ethyl adjacent to an activating group) is 1. The van der Waals surface area contributed by atoms with Crippen molar-refractivity contribution in [3.63, 3.8) is 0 Å². The van der Waals surface area contributed by atoms with Gasteiger partial charge in [-0.05, 0) is 17.5 Å². The van der Waals surface area contributed by atoms with Crippen LogP contribution in [0.5, 0.6) is 0 Å².